The highest BCUT2D eigenvalue weighted by molar-refractivity contribution is 7.92. The number of carbonyl (C=O) groups excluding carboxylic acids is 1. The second kappa shape index (κ2) is 6.52. The van der Waals surface area contributed by atoms with Gasteiger partial charge in [-0.1, -0.05) is 24.6 Å². The normalized spacial score (nSPS) is 16.6. The maximum atomic E-state index is 13.2. The maximum absolute atomic E-state index is 13.2. The third kappa shape index (κ3) is 2.80. The summed E-state index contributed by atoms with van der Waals surface area (Å²) < 4.78 is 33.2. The number of methoxy groups -OCH3 is 1. The fourth-order valence-electron chi connectivity index (χ4n) is 3.33. The lowest BCUT2D eigenvalue weighted by atomic mass is 9.94. The van der Waals surface area contributed by atoms with Crippen molar-refractivity contribution >= 4 is 22.0 Å². The zero-order chi connectivity index (χ0) is 18.2. The summed E-state index contributed by atoms with van der Waals surface area (Å²) in [5.41, 5.74) is 2.75. The Morgan fingerprint density at radius 1 is 1.20 bits per heavy atom. The standard InChI is InChI=1S/C19H21NO4S/c1-4-14-11-20(25(22,23)16-8-5-13(2)6-9-16)19-17(24-3)10-7-15(12-21)18(14)19/h5-10,12,14H,4,11H2,1-3H3/t14-/m0/s1. The molecule has 0 fully saturated rings. The summed E-state index contributed by atoms with van der Waals surface area (Å²) in [6, 6.07) is 10.1. The Hall–Kier alpha value is -2.34. The number of benzene rings is 2. The summed E-state index contributed by atoms with van der Waals surface area (Å²) in [5, 5.41) is 0. The summed E-state index contributed by atoms with van der Waals surface area (Å²) in [6.07, 6.45) is 1.52. The average molecular weight is 359 g/mol. The van der Waals surface area contributed by atoms with Crippen LogP contribution in [0.5, 0.6) is 5.75 Å². The summed E-state index contributed by atoms with van der Waals surface area (Å²) in [7, 11) is -2.23. The molecular formula is C19H21NO4S. The molecule has 0 aliphatic carbocycles. The minimum Gasteiger partial charge on any atom is -0.495 e. The van der Waals surface area contributed by atoms with Crippen LogP contribution in [-0.4, -0.2) is 28.4 Å². The van der Waals surface area contributed by atoms with Gasteiger partial charge in [-0.3, -0.25) is 9.10 Å². The van der Waals surface area contributed by atoms with E-state index < -0.39 is 10.0 Å². The Morgan fingerprint density at radius 2 is 1.88 bits per heavy atom. The van der Waals surface area contributed by atoms with Crippen molar-refractivity contribution in [2.75, 3.05) is 18.0 Å². The van der Waals surface area contributed by atoms with E-state index in [0.29, 0.717) is 23.5 Å². The van der Waals surface area contributed by atoms with Gasteiger partial charge in [0.15, 0.2) is 0 Å². The first-order valence-electron chi connectivity index (χ1n) is 8.19. The highest BCUT2D eigenvalue weighted by Gasteiger charge is 2.39. The monoisotopic (exact) mass is 359 g/mol. The van der Waals surface area contributed by atoms with Crippen molar-refractivity contribution in [1.82, 2.24) is 0 Å². The van der Waals surface area contributed by atoms with Crippen molar-refractivity contribution in [3.63, 3.8) is 0 Å². The van der Waals surface area contributed by atoms with Gasteiger partial charge in [0.25, 0.3) is 10.0 Å². The molecule has 0 saturated heterocycles. The fourth-order valence-corrected chi connectivity index (χ4v) is 4.87. The first-order chi connectivity index (χ1) is 11.9. The molecule has 2 aromatic carbocycles. The van der Waals surface area contributed by atoms with Crippen molar-refractivity contribution in [2.45, 2.75) is 31.1 Å². The van der Waals surface area contributed by atoms with Gasteiger partial charge >= 0.3 is 0 Å². The molecule has 25 heavy (non-hydrogen) atoms. The largest absolute Gasteiger partial charge is 0.495 e. The van der Waals surface area contributed by atoms with Crippen LogP contribution < -0.4 is 9.04 Å². The quantitative estimate of drug-likeness (QED) is 0.766. The number of hydrogen-bond acceptors (Lipinski definition) is 4. The van der Waals surface area contributed by atoms with Crippen LogP contribution in [0.15, 0.2) is 41.3 Å². The van der Waals surface area contributed by atoms with Crippen molar-refractivity contribution in [2.24, 2.45) is 0 Å². The lowest BCUT2D eigenvalue weighted by molar-refractivity contribution is 0.112. The van der Waals surface area contributed by atoms with Gasteiger partial charge in [-0.05, 0) is 43.2 Å². The molecule has 3 rings (SSSR count). The second-order valence-electron chi connectivity index (χ2n) is 6.19. The minimum atomic E-state index is -3.73. The highest BCUT2D eigenvalue weighted by Crippen LogP contribution is 2.47. The van der Waals surface area contributed by atoms with E-state index in [0.717, 1.165) is 23.8 Å². The van der Waals surface area contributed by atoms with E-state index >= 15 is 0 Å². The first-order valence-corrected chi connectivity index (χ1v) is 9.63. The summed E-state index contributed by atoms with van der Waals surface area (Å²) in [6.45, 7) is 4.21. The highest BCUT2D eigenvalue weighted by atomic mass is 32.2. The van der Waals surface area contributed by atoms with Crippen molar-refractivity contribution in [3.05, 3.63) is 53.1 Å². The van der Waals surface area contributed by atoms with Crippen LogP contribution in [0.2, 0.25) is 0 Å². The molecule has 0 saturated carbocycles. The van der Waals surface area contributed by atoms with Crippen LogP contribution in [0.25, 0.3) is 0 Å². The average Bonchev–Trinajstić information content (AvgIpc) is 3.02. The molecule has 0 aromatic heterocycles. The van der Waals surface area contributed by atoms with Gasteiger partial charge in [-0.2, -0.15) is 0 Å². The van der Waals surface area contributed by atoms with E-state index in [4.69, 9.17) is 4.74 Å². The number of ether oxygens (including phenoxy) is 1. The zero-order valence-corrected chi connectivity index (χ0v) is 15.3. The van der Waals surface area contributed by atoms with Crippen LogP contribution in [0.1, 0.15) is 40.7 Å². The lowest BCUT2D eigenvalue weighted by Crippen LogP contribution is -2.30. The van der Waals surface area contributed by atoms with Crippen LogP contribution in [0, 0.1) is 6.92 Å². The maximum Gasteiger partial charge on any atom is 0.264 e. The summed E-state index contributed by atoms with van der Waals surface area (Å²) in [4.78, 5) is 11.7. The van der Waals surface area contributed by atoms with Crippen molar-refractivity contribution < 1.29 is 17.9 Å². The molecule has 5 nitrogen and oxygen atoms in total. The van der Waals surface area contributed by atoms with Gasteiger partial charge in [-0.25, -0.2) is 8.42 Å². The van der Waals surface area contributed by atoms with Crippen molar-refractivity contribution in [3.8, 4) is 5.75 Å². The number of nitrogens with zero attached hydrogens (tertiary/aromatic N) is 1. The molecule has 0 unspecified atom stereocenters. The molecular weight excluding hydrogens is 338 g/mol. The Kier molecular flexibility index (Phi) is 4.56. The van der Waals surface area contributed by atoms with Crippen molar-refractivity contribution in [1.29, 1.82) is 0 Å². The molecule has 132 valence electrons. The molecule has 0 amide bonds. The molecule has 1 atom stereocenters. The molecule has 0 bridgehead atoms. The number of aryl methyl sites for hydroxylation is 1. The smallest absolute Gasteiger partial charge is 0.264 e. The molecule has 1 aliphatic rings. The van der Waals surface area contributed by atoms with Gasteiger partial charge in [0.05, 0.1) is 17.7 Å². The number of fused-ring (bicyclic) bond motifs is 1. The molecule has 0 N–H and O–H groups in total. The van der Waals surface area contributed by atoms with Crippen LogP contribution >= 0.6 is 0 Å². The van der Waals surface area contributed by atoms with E-state index in [-0.39, 0.29) is 10.8 Å². The Balaban J connectivity index is 2.21. The van der Waals surface area contributed by atoms with Gasteiger partial charge in [0, 0.05) is 18.0 Å². The van der Waals surface area contributed by atoms with E-state index in [1.807, 2.05) is 13.8 Å². The summed E-state index contributed by atoms with van der Waals surface area (Å²) in [5.74, 6) is 0.428. The van der Waals surface area contributed by atoms with Gasteiger partial charge in [0.1, 0.15) is 12.0 Å². The number of rotatable bonds is 5. The molecule has 1 aliphatic heterocycles. The molecule has 1 heterocycles. The number of carbonyl (C=O) groups is 1. The third-order valence-corrected chi connectivity index (χ3v) is 6.49. The fraction of sp³-hybridized carbons (Fsp3) is 0.316. The summed E-state index contributed by atoms with van der Waals surface area (Å²) >= 11 is 0. The lowest BCUT2D eigenvalue weighted by Gasteiger charge is -2.22. The number of sulfonamides is 1. The Morgan fingerprint density at radius 3 is 2.44 bits per heavy atom. The Labute approximate surface area is 148 Å². The Bertz CT molecular complexity index is 904. The van der Waals surface area contributed by atoms with Gasteiger partial charge in [-0.15, -0.1) is 0 Å². The van der Waals surface area contributed by atoms with Crippen LogP contribution in [0.3, 0.4) is 0 Å². The van der Waals surface area contributed by atoms with E-state index in [1.54, 1.807) is 36.4 Å². The third-order valence-electron chi connectivity index (χ3n) is 4.71. The topological polar surface area (TPSA) is 63.7 Å². The number of aldehydes is 1. The van der Waals surface area contributed by atoms with Gasteiger partial charge < -0.3 is 4.74 Å². The molecule has 2 aromatic rings. The second-order valence-corrected chi connectivity index (χ2v) is 8.05. The van der Waals surface area contributed by atoms with E-state index in [1.165, 1.54) is 11.4 Å². The predicted molar refractivity (Wildman–Crippen MR) is 97.1 cm³/mol. The number of hydrogen-bond donors (Lipinski definition) is 0. The predicted octanol–water partition coefficient (Wildman–Crippen LogP) is 3.52. The van der Waals surface area contributed by atoms with Crippen LogP contribution in [-0.2, 0) is 10.0 Å². The minimum absolute atomic E-state index is 0.0366. The number of anilines is 1. The van der Waals surface area contributed by atoms with Crippen LogP contribution in [0.4, 0.5) is 5.69 Å². The first kappa shape index (κ1) is 17.5. The SMILES string of the molecule is CC[C@H]1CN(S(=O)(=O)c2ccc(C)cc2)c2c(OC)ccc(C=O)c21. The molecule has 6 heteroatoms. The van der Waals surface area contributed by atoms with E-state index in [9.17, 15) is 13.2 Å². The molecule has 0 spiro atoms. The van der Waals surface area contributed by atoms with E-state index in [2.05, 4.69) is 0 Å². The molecule has 0 radical (unpaired) electrons. The van der Waals surface area contributed by atoms with Gasteiger partial charge in [0.2, 0.25) is 0 Å². The zero-order valence-electron chi connectivity index (χ0n) is 14.5.